The third-order valence-electron chi connectivity index (χ3n) is 3.54. The van der Waals surface area contributed by atoms with Gasteiger partial charge < -0.3 is 10.6 Å². The average Bonchev–Trinajstić information content (AvgIpc) is 2.52. The highest BCUT2D eigenvalue weighted by atomic mass is 79.9. The standard InChI is InChI=1S/C17H17BrClN3/c1-11-5-3-4-6-16(11)22(12(2)9-19)17-8-14(18)13(10-20)7-15(17)21/h3-8,12H,9,21H2,1-2H3. The molecule has 0 aliphatic heterocycles. The van der Waals surface area contributed by atoms with Crippen LogP contribution in [0.15, 0.2) is 40.9 Å². The van der Waals surface area contributed by atoms with Crippen LogP contribution in [-0.2, 0) is 0 Å². The molecule has 2 rings (SSSR count). The molecule has 0 fully saturated rings. The Morgan fingerprint density at radius 3 is 2.59 bits per heavy atom. The van der Waals surface area contributed by atoms with E-state index in [0.29, 0.717) is 17.1 Å². The highest BCUT2D eigenvalue weighted by Crippen LogP contribution is 2.37. The Kier molecular flexibility index (Phi) is 5.33. The topological polar surface area (TPSA) is 53.0 Å². The van der Waals surface area contributed by atoms with E-state index in [-0.39, 0.29) is 6.04 Å². The Hall–Kier alpha value is -1.70. The first-order valence-electron chi connectivity index (χ1n) is 6.89. The quantitative estimate of drug-likeness (QED) is 0.603. The fourth-order valence-corrected chi connectivity index (χ4v) is 2.94. The zero-order valence-corrected chi connectivity index (χ0v) is 14.8. The summed E-state index contributed by atoms with van der Waals surface area (Å²) in [7, 11) is 0. The second-order valence-corrected chi connectivity index (χ2v) is 6.33. The lowest BCUT2D eigenvalue weighted by Crippen LogP contribution is -2.31. The van der Waals surface area contributed by atoms with E-state index in [4.69, 9.17) is 22.6 Å². The molecule has 0 aliphatic rings. The number of halogens is 2. The number of para-hydroxylation sites is 1. The van der Waals surface area contributed by atoms with Gasteiger partial charge in [-0.25, -0.2) is 0 Å². The first-order chi connectivity index (χ1) is 10.5. The molecule has 1 atom stereocenters. The summed E-state index contributed by atoms with van der Waals surface area (Å²) in [5.74, 6) is 0.464. The summed E-state index contributed by atoms with van der Waals surface area (Å²) >= 11 is 9.54. The number of nitriles is 1. The zero-order chi connectivity index (χ0) is 16.3. The van der Waals surface area contributed by atoms with Gasteiger partial charge in [-0.05, 0) is 53.5 Å². The molecule has 0 aromatic heterocycles. The first-order valence-corrected chi connectivity index (χ1v) is 8.22. The van der Waals surface area contributed by atoms with Gasteiger partial charge >= 0.3 is 0 Å². The van der Waals surface area contributed by atoms with Crippen LogP contribution in [0.25, 0.3) is 0 Å². The van der Waals surface area contributed by atoms with Crippen molar-refractivity contribution in [3.8, 4) is 6.07 Å². The second kappa shape index (κ2) is 7.04. The zero-order valence-electron chi connectivity index (χ0n) is 12.5. The molecule has 0 radical (unpaired) electrons. The van der Waals surface area contributed by atoms with Crippen molar-refractivity contribution < 1.29 is 0 Å². The van der Waals surface area contributed by atoms with Crippen molar-refractivity contribution in [2.45, 2.75) is 19.9 Å². The number of nitrogens with zero attached hydrogens (tertiary/aromatic N) is 2. The maximum absolute atomic E-state index is 9.12. The van der Waals surface area contributed by atoms with Crippen molar-refractivity contribution >= 4 is 44.6 Å². The normalized spacial score (nSPS) is 11.8. The molecule has 0 spiro atoms. The number of aryl methyl sites for hydroxylation is 1. The molecular formula is C17H17BrClN3. The van der Waals surface area contributed by atoms with E-state index < -0.39 is 0 Å². The molecule has 2 aromatic carbocycles. The molecule has 0 aliphatic carbocycles. The Balaban J connectivity index is 2.64. The summed E-state index contributed by atoms with van der Waals surface area (Å²) in [4.78, 5) is 2.11. The third-order valence-corrected chi connectivity index (χ3v) is 4.64. The number of nitrogen functional groups attached to an aromatic ring is 1. The van der Waals surface area contributed by atoms with Gasteiger partial charge in [-0.1, -0.05) is 18.2 Å². The molecule has 1 unspecified atom stereocenters. The van der Waals surface area contributed by atoms with Crippen LogP contribution in [0.4, 0.5) is 17.1 Å². The minimum atomic E-state index is 0.0601. The Bertz CT molecular complexity index is 724. The van der Waals surface area contributed by atoms with Gasteiger partial charge in [0.15, 0.2) is 0 Å². The van der Waals surface area contributed by atoms with Crippen molar-refractivity contribution in [3.05, 3.63) is 52.0 Å². The van der Waals surface area contributed by atoms with Crippen molar-refractivity contribution in [1.29, 1.82) is 5.26 Å². The van der Waals surface area contributed by atoms with Gasteiger partial charge in [0.05, 0.1) is 16.9 Å². The third kappa shape index (κ3) is 3.21. The van der Waals surface area contributed by atoms with Crippen LogP contribution in [-0.4, -0.2) is 11.9 Å². The molecule has 0 saturated heterocycles. The van der Waals surface area contributed by atoms with E-state index in [1.807, 2.05) is 31.2 Å². The highest BCUT2D eigenvalue weighted by Gasteiger charge is 2.21. The van der Waals surface area contributed by atoms with Crippen LogP contribution in [0.2, 0.25) is 0 Å². The van der Waals surface area contributed by atoms with E-state index in [1.165, 1.54) is 0 Å². The van der Waals surface area contributed by atoms with Crippen LogP contribution < -0.4 is 10.6 Å². The SMILES string of the molecule is Cc1ccccc1N(c1cc(Br)c(C#N)cc1N)C(C)CCl. The largest absolute Gasteiger partial charge is 0.397 e. The Morgan fingerprint density at radius 2 is 2.00 bits per heavy atom. The molecule has 22 heavy (non-hydrogen) atoms. The predicted octanol–water partition coefficient (Wildman–Crippen LogP) is 4.98. The van der Waals surface area contributed by atoms with Crippen LogP contribution in [0, 0.1) is 18.3 Å². The molecule has 0 saturated carbocycles. The second-order valence-electron chi connectivity index (χ2n) is 5.16. The Morgan fingerprint density at radius 1 is 1.32 bits per heavy atom. The van der Waals surface area contributed by atoms with Crippen LogP contribution in [0.1, 0.15) is 18.1 Å². The van der Waals surface area contributed by atoms with E-state index in [1.54, 1.807) is 6.07 Å². The molecule has 0 bridgehead atoms. The molecular weight excluding hydrogens is 362 g/mol. The maximum atomic E-state index is 9.12. The summed E-state index contributed by atoms with van der Waals surface area (Å²) in [6.45, 7) is 4.10. The lowest BCUT2D eigenvalue weighted by atomic mass is 10.1. The number of anilines is 3. The number of benzene rings is 2. The average molecular weight is 379 g/mol. The molecule has 3 nitrogen and oxygen atoms in total. The van der Waals surface area contributed by atoms with E-state index >= 15 is 0 Å². The number of alkyl halides is 1. The molecule has 2 aromatic rings. The predicted molar refractivity (Wildman–Crippen MR) is 96.8 cm³/mol. The number of nitrogens with two attached hydrogens (primary N) is 1. The van der Waals surface area contributed by atoms with E-state index in [9.17, 15) is 0 Å². The molecule has 5 heteroatoms. The van der Waals surface area contributed by atoms with Gasteiger partial charge in [-0.15, -0.1) is 11.6 Å². The van der Waals surface area contributed by atoms with Gasteiger partial charge in [-0.3, -0.25) is 0 Å². The minimum Gasteiger partial charge on any atom is -0.397 e. The maximum Gasteiger partial charge on any atom is 0.100 e. The molecule has 114 valence electrons. The highest BCUT2D eigenvalue weighted by molar-refractivity contribution is 9.10. The van der Waals surface area contributed by atoms with Crippen LogP contribution >= 0.6 is 27.5 Å². The van der Waals surface area contributed by atoms with Crippen molar-refractivity contribution in [2.24, 2.45) is 0 Å². The van der Waals surface area contributed by atoms with Crippen LogP contribution in [0.3, 0.4) is 0 Å². The number of hydrogen-bond acceptors (Lipinski definition) is 3. The van der Waals surface area contributed by atoms with Gasteiger partial charge in [0.25, 0.3) is 0 Å². The van der Waals surface area contributed by atoms with E-state index in [2.05, 4.69) is 39.9 Å². The molecule has 0 amide bonds. The van der Waals surface area contributed by atoms with Gasteiger partial charge in [-0.2, -0.15) is 5.26 Å². The first kappa shape index (κ1) is 16.7. The molecule has 2 N–H and O–H groups in total. The van der Waals surface area contributed by atoms with Gasteiger partial charge in [0.2, 0.25) is 0 Å². The fourth-order valence-electron chi connectivity index (χ4n) is 2.38. The number of rotatable bonds is 4. The summed E-state index contributed by atoms with van der Waals surface area (Å²) in [6, 6.07) is 13.8. The monoisotopic (exact) mass is 377 g/mol. The summed E-state index contributed by atoms with van der Waals surface area (Å²) in [5, 5.41) is 9.12. The molecule has 0 heterocycles. The van der Waals surface area contributed by atoms with Crippen molar-refractivity contribution in [1.82, 2.24) is 0 Å². The van der Waals surface area contributed by atoms with E-state index in [0.717, 1.165) is 21.4 Å². The van der Waals surface area contributed by atoms with Crippen LogP contribution in [0.5, 0.6) is 0 Å². The summed E-state index contributed by atoms with van der Waals surface area (Å²) in [6.07, 6.45) is 0. The lowest BCUT2D eigenvalue weighted by molar-refractivity contribution is 0.794. The smallest absolute Gasteiger partial charge is 0.100 e. The lowest BCUT2D eigenvalue weighted by Gasteiger charge is -2.32. The van der Waals surface area contributed by atoms with Crippen molar-refractivity contribution in [3.63, 3.8) is 0 Å². The number of hydrogen-bond donors (Lipinski definition) is 1. The minimum absolute atomic E-state index is 0.0601. The van der Waals surface area contributed by atoms with Gasteiger partial charge in [0, 0.05) is 22.1 Å². The summed E-state index contributed by atoms with van der Waals surface area (Å²) < 4.78 is 0.722. The van der Waals surface area contributed by atoms with Gasteiger partial charge in [0.1, 0.15) is 6.07 Å². The Labute approximate surface area is 144 Å². The summed E-state index contributed by atoms with van der Waals surface area (Å²) in [5.41, 5.74) is 10.3. The fraction of sp³-hybridized carbons (Fsp3) is 0.235. The van der Waals surface area contributed by atoms with Crippen molar-refractivity contribution in [2.75, 3.05) is 16.5 Å².